The Hall–Kier alpha value is -3.43. The minimum absolute atomic E-state index is 0.0495. The first-order chi connectivity index (χ1) is 17.0. The molecule has 2 atom stereocenters. The Morgan fingerprint density at radius 2 is 1.86 bits per heavy atom. The summed E-state index contributed by atoms with van der Waals surface area (Å²) in [6, 6.07) is 10.7. The Labute approximate surface area is 203 Å². The molecule has 9 nitrogen and oxygen atoms in total. The van der Waals surface area contributed by atoms with Gasteiger partial charge in [-0.15, -0.1) is 0 Å². The van der Waals surface area contributed by atoms with Crippen LogP contribution in [0.1, 0.15) is 37.4 Å². The third-order valence-electron chi connectivity index (χ3n) is 6.87. The molecule has 1 aliphatic heterocycles. The van der Waals surface area contributed by atoms with Gasteiger partial charge in [0.1, 0.15) is 19.3 Å². The maximum absolute atomic E-state index is 12.9. The molecule has 0 saturated heterocycles. The Bertz CT molecular complexity index is 1210. The van der Waals surface area contributed by atoms with Crippen LogP contribution in [0.4, 0.5) is 5.69 Å². The highest BCUT2D eigenvalue weighted by Gasteiger charge is 2.34. The van der Waals surface area contributed by atoms with Gasteiger partial charge in [0.25, 0.3) is 0 Å². The fourth-order valence-electron chi connectivity index (χ4n) is 4.91. The van der Waals surface area contributed by atoms with Gasteiger partial charge in [0.15, 0.2) is 11.5 Å². The molecule has 9 heteroatoms. The first-order valence-corrected chi connectivity index (χ1v) is 11.9. The van der Waals surface area contributed by atoms with Crippen LogP contribution in [0.25, 0.3) is 11.0 Å². The third-order valence-corrected chi connectivity index (χ3v) is 6.87. The van der Waals surface area contributed by atoms with Crippen molar-refractivity contribution < 1.29 is 29.2 Å². The molecule has 1 aromatic heterocycles. The lowest BCUT2D eigenvalue weighted by atomic mass is 9.77. The van der Waals surface area contributed by atoms with E-state index in [-0.39, 0.29) is 17.7 Å². The molecule has 1 fully saturated rings. The van der Waals surface area contributed by atoms with Crippen LogP contribution in [0, 0.1) is 11.8 Å². The molecule has 2 heterocycles. The van der Waals surface area contributed by atoms with Crippen molar-refractivity contribution in [2.45, 2.75) is 37.9 Å². The molecule has 2 aliphatic rings. The van der Waals surface area contributed by atoms with Gasteiger partial charge in [-0.3, -0.25) is 4.79 Å². The number of rotatable bonds is 6. The van der Waals surface area contributed by atoms with Crippen molar-refractivity contribution in [3.05, 3.63) is 48.2 Å². The second-order valence-electron chi connectivity index (χ2n) is 9.02. The number of amides is 1. The zero-order valence-electron chi connectivity index (χ0n) is 19.5. The van der Waals surface area contributed by atoms with Gasteiger partial charge in [-0.05, 0) is 49.8 Å². The Balaban J connectivity index is 1.21. The number of aliphatic hydroxyl groups excluding tert-OH is 2. The van der Waals surface area contributed by atoms with Crippen LogP contribution in [-0.4, -0.2) is 52.5 Å². The van der Waals surface area contributed by atoms with Crippen LogP contribution in [-0.2, 0) is 4.79 Å². The van der Waals surface area contributed by atoms with Gasteiger partial charge in [-0.2, -0.15) is 0 Å². The van der Waals surface area contributed by atoms with Crippen LogP contribution in [0.5, 0.6) is 17.4 Å². The predicted molar refractivity (Wildman–Crippen MR) is 129 cm³/mol. The number of carbonyl (C=O) groups excluding carboxylic acids is 1. The molecule has 2 unspecified atom stereocenters. The van der Waals surface area contributed by atoms with Crippen LogP contribution in [0.2, 0.25) is 0 Å². The topological polar surface area (TPSA) is 123 Å². The molecule has 184 valence electrons. The summed E-state index contributed by atoms with van der Waals surface area (Å²) >= 11 is 0. The van der Waals surface area contributed by atoms with Crippen molar-refractivity contribution in [2.24, 2.45) is 11.8 Å². The van der Waals surface area contributed by atoms with Crippen molar-refractivity contribution in [2.75, 3.05) is 25.6 Å². The molecule has 0 bridgehead atoms. The number of anilines is 1. The van der Waals surface area contributed by atoms with Gasteiger partial charge in [0.2, 0.25) is 11.8 Å². The van der Waals surface area contributed by atoms with Crippen molar-refractivity contribution in [1.82, 2.24) is 9.97 Å². The largest absolute Gasteiger partial charge is 0.486 e. The summed E-state index contributed by atoms with van der Waals surface area (Å²) in [6.45, 7) is 1.01. The molecular weight excluding hydrogens is 450 g/mol. The molecule has 0 spiro atoms. The van der Waals surface area contributed by atoms with Crippen LogP contribution >= 0.6 is 0 Å². The van der Waals surface area contributed by atoms with Crippen LogP contribution in [0.15, 0.2) is 42.6 Å². The molecule has 3 aromatic rings. The summed E-state index contributed by atoms with van der Waals surface area (Å²) < 4.78 is 16.3. The number of carbonyl (C=O) groups is 1. The SMILES string of the molecule is COc1cnc2cccc(C(O)C(O)[C@H]3CC[C@H](C(=O)Nc4ccc5c(c4)OCCO5)CC3)c2n1. The van der Waals surface area contributed by atoms with Crippen LogP contribution in [0.3, 0.4) is 0 Å². The second kappa shape index (κ2) is 10.1. The summed E-state index contributed by atoms with van der Waals surface area (Å²) in [6.07, 6.45) is 1.96. The standard InChI is InChI=1S/C26H29N3O6/c1-33-22-14-27-19-4-2-3-18(23(19)29-22)25(31)24(30)15-5-7-16(8-6-15)26(32)28-17-9-10-20-21(13-17)35-12-11-34-20/h2-4,9-10,13-16,24-25,30-31H,5-8,11-12H2,1H3,(H,28,32)/t15-,16-,24?,25?. The molecule has 3 N–H and O–H groups in total. The monoisotopic (exact) mass is 479 g/mol. The van der Waals surface area contributed by atoms with Gasteiger partial charge in [0.05, 0.1) is 30.4 Å². The summed E-state index contributed by atoms with van der Waals surface area (Å²) in [5, 5.41) is 25.0. The average Bonchev–Trinajstić information content (AvgIpc) is 2.91. The quantitative estimate of drug-likeness (QED) is 0.492. The van der Waals surface area contributed by atoms with E-state index in [1.54, 1.807) is 36.4 Å². The summed E-state index contributed by atoms with van der Waals surface area (Å²) in [7, 11) is 1.51. The second-order valence-corrected chi connectivity index (χ2v) is 9.02. The number of para-hydroxylation sites is 1. The summed E-state index contributed by atoms with van der Waals surface area (Å²) in [5.74, 6) is 1.32. The lowest BCUT2D eigenvalue weighted by Gasteiger charge is -2.33. The normalized spacial score (nSPS) is 21.2. The minimum Gasteiger partial charge on any atom is -0.486 e. The zero-order chi connectivity index (χ0) is 24.4. The van der Waals surface area contributed by atoms with Crippen molar-refractivity contribution in [1.29, 1.82) is 0 Å². The third kappa shape index (κ3) is 4.87. The number of nitrogens with one attached hydrogen (secondary N) is 1. The number of aliphatic hydroxyl groups is 2. The fraction of sp³-hybridized carbons (Fsp3) is 0.423. The minimum atomic E-state index is -1.12. The molecule has 5 rings (SSSR count). The van der Waals surface area contributed by atoms with Gasteiger partial charge < -0.3 is 29.7 Å². The van der Waals surface area contributed by atoms with E-state index < -0.39 is 12.2 Å². The first kappa shape index (κ1) is 23.3. The molecule has 1 aliphatic carbocycles. The molecule has 0 radical (unpaired) electrons. The van der Waals surface area contributed by atoms with Crippen molar-refractivity contribution in [3.8, 4) is 17.4 Å². The van der Waals surface area contributed by atoms with E-state index >= 15 is 0 Å². The van der Waals surface area contributed by atoms with E-state index in [1.165, 1.54) is 13.3 Å². The average molecular weight is 480 g/mol. The molecule has 1 saturated carbocycles. The van der Waals surface area contributed by atoms with E-state index in [0.29, 0.717) is 78.6 Å². The van der Waals surface area contributed by atoms with Gasteiger partial charge >= 0.3 is 0 Å². The molecule has 35 heavy (non-hydrogen) atoms. The highest BCUT2D eigenvalue weighted by Crippen LogP contribution is 2.37. The summed E-state index contributed by atoms with van der Waals surface area (Å²) in [5.41, 5.74) is 2.31. The predicted octanol–water partition coefficient (Wildman–Crippen LogP) is 3.25. The lowest BCUT2D eigenvalue weighted by Crippen LogP contribution is -2.34. The number of hydrogen-bond acceptors (Lipinski definition) is 8. The van der Waals surface area contributed by atoms with Crippen LogP contribution < -0.4 is 19.5 Å². The van der Waals surface area contributed by atoms with Gasteiger partial charge in [-0.1, -0.05) is 12.1 Å². The lowest BCUT2D eigenvalue weighted by molar-refractivity contribution is -0.121. The number of nitrogens with zero attached hydrogens (tertiary/aromatic N) is 2. The highest BCUT2D eigenvalue weighted by molar-refractivity contribution is 5.93. The summed E-state index contributed by atoms with van der Waals surface area (Å²) in [4.78, 5) is 21.6. The maximum Gasteiger partial charge on any atom is 0.232 e. The Morgan fingerprint density at radius 1 is 1.09 bits per heavy atom. The smallest absolute Gasteiger partial charge is 0.232 e. The number of hydrogen-bond donors (Lipinski definition) is 3. The first-order valence-electron chi connectivity index (χ1n) is 11.9. The highest BCUT2D eigenvalue weighted by atomic mass is 16.6. The van der Waals surface area contributed by atoms with E-state index in [0.717, 1.165) is 0 Å². The van der Waals surface area contributed by atoms with Crippen molar-refractivity contribution >= 4 is 22.6 Å². The van der Waals surface area contributed by atoms with E-state index in [4.69, 9.17) is 14.2 Å². The fourth-order valence-corrected chi connectivity index (χ4v) is 4.91. The number of methoxy groups -OCH3 is 1. The maximum atomic E-state index is 12.9. The van der Waals surface area contributed by atoms with E-state index in [9.17, 15) is 15.0 Å². The number of ether oxygens (including phenoxy) is 3. The number of benzene rings is 2. The number of fused-ring (bicyclic) bond motifs is 2. The molecular formula is C26H29N3O6. The Kier molecular flexibility index (Phi) is 6.70. The van der Waals surface area contributed by atoms with E-state index in [2.05, 4.69) is 15.3 Å². The number of aromatic nitrogens is 2. The van der Waals surface area contributed by atoms with Gasteiger partial charge in [-0.25, -0.2) is 9.97 Å². The zero-order valence-corrected chi connectivity index (χ0v) is 19.5. The Morgan fingerprint density at radius 3 is 2.63 bits per heavy atom. The molecule has 2 aromatic carbocycles. The van der Waals surface area contributed by atoms with Gasteiger partial charge in [0, 0.05) is 23.2 Å². The van der Waals surface area contributed by atoms with E-state index in [1.807, 2.05) is 0 Å². The van der Waals surface area contributed by atoms with Crippen molar-refractivity contribution in [3.63, 3.8) is 0 Å². The molecule has 1 amide bonds.